The van der Waals surface area contributed by atoms with Gasteiger partial charge in [-0.05, 0) is 55.5 Å². The van der Waals surface area contributed by atoms with E-state index in [1.807, 2.05) is 69.9 Å². The third kappa shape index (κ3) is 6.25. The van der Waals surface area contributed by atoms with Crippen molar-refractivity contribution in [2.45, 2.75) is 84.5 Å². The van der Waals surface area contributed by atoms with E-state index in [9.17, 15) is 19.1 Å². The third-order valence-corrected chi connectivity index (χ3v) is 7.13. The van der Waals surface area contributed by atoms with E-state index >= 15 is 0 Å². The van der Waals surface area contributed by atoms with E-state index in [1.165, 1.54) is 12.1 Å². The lowest BCUT2D eigenvalue weighted by atomic mass is 9.76. The number of pyridine rings is 1. The van der Waals surface area contributed by atoms with Crippen LogP contribution in [0, 0.1) is 5.82 Å². The molecule has 1 amide bonds. The number of halogens is 1. The Bertz CT molecular complexity index is 1390. The molecule has 0 spiro atoms. The Morgan fingerprint density at radius 1 is 1.07 bits per heavy atom. The van der Waals surface area contributed by atoms with Crippen LogP contribution in [0.4, 0.5) is 4.39 Å². The normalized spacial score (nSPS) is 15.6. The molecule has 1 aliphatic heterocycles. The summed E-state index contributed by atoms with van der Waals surface area (Å²) >= 11 is 0. The Balaban J connectivity index is 1.99. The van der Waals surface area contributed by atoms with Crippen LogP contribution in [0.1, 0.15) is 88.6 Å². The van der Waals surface area contributed by atoms with E-state index in [4.69, 9.17) is 9.72 Å². The molecule has 6 nitrogen and oxygen atoms in total. The second-order valence-electron chi connectivity index (χ2n) is 12.5. The SMILES string of the molecule is CC(C)c1nc2c(c(-c3ccc(F)cc3)c1C(OC(C)(C)C)C(=O)O)CN(C(=O)Cc1ccccc1)CC2(C)C. The summed E-state index contributed by atoms with van der Waals surface area (Å²) in [4.78, 5) is 33.3. The van der Waals surface area contributed by atoms with Gasteiger partial charge < -0.3 is 14.7 Å². The van der Waals surface area contributed by atoms with Crippen molar-refractivity contribution >= 4 is 11.9 Å². The van der Waals surface area contributed by atoms with E-state index in [2.05, 4.69) is 13.8 Å². The Morgan fingerprint density at radius 3 is 2.25 bits per heavy atom. The van der Waals surface area contributed by atoms with Gasteiger partial charge in [0.1, 0.15) is 5.82 Å². The fraction of sp³-hybridized carbons (Fsp3) is 0.424. The van der Waals surface area contributed by atoms with Crippen LogP contribution >= 0.6 is 0 Å². The van der Waals surface area contributed by atoms with E-state index < -0.39 is 28.9 Å². The van der Waals surface area contributed by atoms with E-state index in [-0.39, 0.29) is 24.8 Å². The highest BCUT2D eigenvalue weighted by Gasteiger charge is 2.41. The van der Waals surface area contributed by atoms with Crippen LogP contribution < -0.4 is 0 Å². The number of carbonyl (C=O) groups excluding carboxylic acids is 1. The Morgan fingerprint density at radius 2 is 1.70 bits per heavy atom. The molecule has 2 aromatic carbocycles. The van der Waals surface area contributed by atoms with Crippen LogP contribution in [-0.2, 0) is 32.7 Å². The number of ether oxygens (including phenoxy) is 1. The van der Waals surface area contributed by atoms with Gasteiger partial charge in [0, 0.05) is 29.6 Å². The summed E-state index contributed by atoms with van der Waals surface area (Å²) in [5.41, 5.74) is 3.64. The zero-order valence-corrected chi connectivity index (χ0v) is 24.4. The Kier molecular flexibility index (Phi) is 8.18. The largest absolute Gasteiger partial charge is 0.479 e. The number of nitrogens with zero attached hydrogens (tertiary/aromatic N) is 2. The predicted molar refractivity (Wildman–Crippen MR) is 154 cm³/mol. The molecule has 1 aromatic heterocycles. The van der Waals surface area contributed by atoms with Gasteiger partial charge in [-0.1, -0.05) is 70.2 Å². The lowest BCUT2D eigenvalue weighted by Gasteiger charge is -2.42. The predicted octanol–water partition coefficient (Wildman–Crippen LogP) is 6.81. The lowest BCUT2D eigenvalue weighted by molar-refractivity contribution is -0.160. The standard InChI is InChI=1S/C33H39FN2O4/c1-20(2)28-27(29(31(38)39)40-32(3,4)5)26(22-13-15-23(34)16-14-22)24-18-36(19-33(6,7)30(24)35-28)25(37)17-21-11-9-8-10-12-21/h8-16,20,29H,17-19H2,1-7H3,(H,38,39). The first-order valence-corrected chi connectivity index (χ1v) is 13.7. The van der Waals surface area contributed by atoms with Crippen LogP contribution in [0.2, 0.25) is 0 Å². The molecule has 7 heteroatoms. The highest BCUT2D eigenvalue weighted by Crippen LogP contribution is 2.45. The van der Waals surface area contributed by atoms with Crippen molar-refractivity contribution in [1.82, 2.24) is 9.88 Å². The lowest BCUT2D eigenvalue weighted by Crippen LogP contribution is -2.47. The van der Waals surface area contributed by atoms with Gasteiger partial charge in [-0.2, -0.15) is 0 Å². The van der Waals surface area contributed by atoms with Crippen molar-refractivity contribution in [2.24, 2.45) is 0 Å². The van der Waals surface area contributed by atoms with Crippen molar-refractivity contribution < 1.29 is 23.8 Å². The fourth-order valence-corrected chi connectivity index (χ4v) is 5.47. The average molecular weight is 547 g/mol. The number of hydrogen-bond acceptors (Lipinski definition) is 4. The number of aliphatic carboxylic acids is 1. The number of carboxylic acids is 1. The monoisotopic (exact) mass is 546 g/mol. The summed E-state index contributed by atoms with van der Waals surface area (Å²) in [7, 11) is 0. The first-order valence-electron chi connectivity index (χ1n) is 13.7. The number of rotatable bonds is 7. The van der Waals surface area contributed by atoms with Gasteiger partial charge >= 0.3 is 5.97 Å². The van der Waals surface area contributed by atoms with Gasteiger partial charge in [-0.3, -0.25) is 9.78 Å². The molecule has 0 saturated carbocycles. The number of hydrogen-bond donors (Lipinski definition) is 1. The maximum Gasteiger partial charge on any atom is 0.337 e. The third-order valence-electron chi connectivity index (χ3n) is 7.13. The van der Waals surface area contributed by atoms with Crippen LogP contribution in [0.25, 0.3) is 11.1 Å². The van der Waals surface area contributed by atoms with Crippen LogP contribution in [0.5, 0.6) is 0 Å². The summed E-state index contributed by atoms with van der Waals surface area (Å²) < 4.78 is 20.2. The molecule has 1 unspecified atom stereocenters. The van der Waals surface area contributed by atoms with Gasteiger partial charge in [-0.25, -0.2) is 9.18 Å². The highest BCUT2D eigenvalue weighted by atomic mass is 19.1. The second kappa shape index (κ2) is 11.1. The van der Waals surface area contributed by atoms with E-state index in [0.717, 1.165) is 16.8 Å². The minimum atomic E-state index is -1.31. The van der Waals surface area contributed by atoms with Gasteiger partial charge in [-0.15, -0.1) is 0 Å². The zero-order valence-electron chi connectivity index (χ0n) is 24.4. The number of aromatic nitrogens is 1. The van der Waals surface area contributed by atoms with Gasteiger partial charge in [0.15, 0.2) is 6.10 Å². The molecule has 0 radical (unpaired) electrons. The highest BCUT2D eigenvalue weighted by molar-refractivity contribution is 5.84. The van der Waals surface area contributed by atoms with E-state index in [1.54, 1.807) is 12.1 Å². The molecule has 1 aliphatic rings. The van der Waals surface area contributed by atoms with Crippen molar-refractivity contribution in [3.05, 3.63) is 88.5 Å². The average Bonchev–Trinajstić information content (AvgIpc) is 2.86. The maximum absolute atomic E-state index is 14.1. The molecule has 0 aliphatic carbocycles. The summed E-state index contributed by atoms with van der Waals surface area (Å²) in [6, 6.07) is 15.7. The van der Waals surface area contributed by atoms with Gasteiger partial charge in [0.2, 0.25) is 5.91 Å². The van der Waals surface area contributed by atoms with Gasteiger partial charge in [0.05, 0.1) is 23.4 Å². The summed E-state index contributed by atoms with van der Waals surface area (Å²) in [5.74, 6) is -1.66. The van der Waals surface area contributed by atoms with Crippen LogP contribution in [0.15, 0.2) is 54.6 Å². The van der Waals surface area contributed by atoms with Crippen molar-refractivity contribution in [3.8, 4) is 11.1 Å². The molecule has 0 fully saturated rings. The second-order valence-corrected chi connectivity index (χ2v) is 12.5. The summed E-state index contributed by atoms with van der Waals surface area (Å²) in [6.07, 6.45) is -1.05. The minimum absolute atomic E-state index is 0.0230. The maximum atomic E-state index is 14.1. The number of carbonyl (C=O) groups is 2. The molecular formula is C33H39FN2O4. The molecule has 2 heterocycles. The van der Waals surface area contributed by atoms with Crippen molar-refractivity contribution in [1.29, 1.82) is 0 Å². The van der Waals surface area contributed by atoms with Gasteiger partial charge in [0.25, 0.3) is 0 Å². The topological polar surface area (TPSA) is 79.7 Å². The minimum Gasteiger partial charge on any atom is -0.479 e. The molecule has 0 saturated heterocycles. The van der Waals surface area contributed by atoms with Crippen molar-refractivity contribution in [3.63, 3.8) is 0 Å². The zero-order chi connectivity index (χ0) is 29.4. The van der Waals surface area contributed by atoms with E-state index in [0.29, 0.717) is 28.9 Å². The summed E-state index contributed by atoms with van der Waals surface area (Å²) in [5, 5.41) is 10.4. The summed E-state index contributed by atoms with van der Waals surface area (Å²) in [6.45, 7) is 14.2. The molecule has 1 atom stereocenters. The first-order chi connectivity index (χ1) is 18.7. The molecular weight excluding hydrogens is 507 g/mol. The Hall–Kier alpha value is -3.58. The molecule has 0 bridgehead atoms. The quantitative estimate of drug-likeness (QED) is 0.352. The van der Waals surface area contributed by atoms with Crippen LogP contribution in [0.3, 0.4) is 0 Å². The first kappa shape index (κ1) is 29.4. The van der Waals surface area contributed by atoms with Crippen molar-refractivity contribution in [2.75, 3.05) is 6.54 Å². The number of fused-ring (bicyclic) bond motifs is 1. The smallest absolute Gasteiger partial charge is 0.337 e. The molecule has 40 heavy (non-hydrogen) atoms. The number of benzene rings is 2. The molecule has 4 rings (SSSR count). The molecule has 3 aromatic rings. The molecule has 1 N–H and O–H groups in total. The fourth-order valence-electron chi connectivity index (χ4n) is 5.47. The molecule has 212 valence electrons. The number of amides is 1. The number of carboxylic acid groups (broad SMARTS) is 1. The van der Waals surface area contributed by atoms with Crippen LogP contribution in [-0.4, -0.2) is 39.0 Å². The Labute approximate surface area is 236 Å².